The molecule has 1 amide bonds. The molecule has 1 aromatic carbocycles. The number of carbonyl (C=O) groups excluding carboxylic acids is 1. The van der Waals surface area contributed by atoms with E-state index < -0.39 is 26.5 Å². The monoisotopic (exact) mass is 424 g/mol. The van der Waals surface area contributed by atoms with Crippen LogP contribution in [0.3, 0.4) is 0 Å². The molecule has 1 aliphatic heterocycles. The normalized spacial score (nSPS) is 18.0. The van der Waals surface area contributed by atoms with Crippen LogP contribution < -0.4 is 0 Å². The molecule has 29 heavy (non-hydrogen) atoms. The van der Waals surface area contributed by atoms with Gasteiger partial charge >= 0.3 is 6.09 Å². The lowest BCUT2D eigenvalue weighted by atomic mass is 10.0. The van der Waals surface area contributed by atoms with Crippen molar-refractivity contribution in [3.8, 4) is 0 Å². The number of benzene rings is 1. The summed E-state index contributed by atoms with van der Waals surface area (Å²) < 4.78 is 31.0. The number of amides is 1. The standard InChI is InChI=1S/C18H24N4O6S/c1-18(2,3)28-17(23)21-8-4-5-12(10-21)11-29(26,27)16-19-14-7-6-13(22(24)25)9-15(14)20-16/h6-7,9,12H,4-5,8,10-11H2,1-3H3,(H,19,20)/t12-/m1/s1. The van der Waals surface area contributed by atoms with E-state index in [1.54, 1.807) is 20.8 Å². The van der Waals surface area contributed by atoms with E-state index in [4.69, 9.17) is 4.74 Å². The minimum Gasteiger partial charge on any atom is -0.444 e. The summed E-state index contributed by atoms with van der Waals surface area (Å²) >= 11 is 0. The summed E-state index contributed by atoms with van der Waals surface area (Å²) in [5.74, 6) is -0.419. The number of nitro benzene ring substituents is 1. The molecule has 10 nitrogen and oxygen atoms in total. The van der Waals surface area contributed by atoms with E-state index in [1.165, 1.54) is 23.1 Å². The third kappa shape index (κ3) is 5.03. The number of nitrogens with zero attached hydrogens (tertiary/aromatic N) is 3. The number of fused-ring (bicyclic) bond motifs is 1. The molecule has 1 aromatic heterocycles. The van der Waals surface area contributed by atoms with Crippen LogP contribution in [0.4, 0.5) is 10.5 Å². The van der Waals surface area contributed by atoms with Gasteiger partial charge in [-0.25, -0.2) is 18.2 Å². The molecule has 2 heterocycles. The van der Waals surface area contributed by atoms with E-state index in [-0.39, 0.29) is 28.0 Å². The first-order valence-electron chi connectivity index (χ1n) is 9.29. The Kier molecular flexibility index (Phi) is 5.52. The molecule has 3 rings (SSSR count). The van der Waals surface area contributed by atoms with Gasteiger partial charge in [0.1, 0.15) is 5.60 Å². The van der Waals surface area contributed by atoms with Crippen LogP contribution in [0.5, 0.6) is 0 Å². The summed E-state index contributed by atoms with van der Waals surface area (Å²) in [6.45, 7) is 6.16. The molecule has 1 fully saturated rings. The van der Waals surface area contributed by atoms with Crippen LogP contribution in [-0.4, -0.2) is 58.7 Å². The third-order valence-electron chi connectivity index (χ3n) is 4.57. The number of hydrogen-bond acceptors (Lipinski definition) is 7. The molecule has 158 valence electrons. The second-order valence-electron chi connectivity index (χ2n) is 8.22. The average Bonchev–Trinajstić information content (AvgIpc) is 3.04. The first kappa shape index (κ1) is 21.0. The quantitative estimate of drug-likeness (QED) is 0.589. The number of rotatable bonds is 4. The predicted octanol–water partition coefficient (Wildman–Crippen LogP) is 2.89. The number of non-ortho nitro benzene ring substituents is 1. The first-order valence-corrected chi connectivity index (χ1v) is 10.9. The summed E-state index contributed by atoms with van der Waals surface area (Å²) in [6.07, 6.45) is 0.909. The zero-order valence-electron chi connectivity index (χ0n) is 16.5. The number of H-pyrrole nitrogens is 1. The van der Waals surface area contributed by atoms with Crippen molar-refractivity contribution in [2.24, 2.45) is 5.92 Å². The molecule has 0 unspecified atom stereocenters. The number of likely N-dealkylation sites (tertiary alicyclic amines) is 1. The SMILES string of the molecule is CC(C)(C)OC(=O)N1CCC[C@@H](CS(=O)(=O)c2nc3ccc([N+](=O)[O-])cc3[nH]2)C1. The molecule has 1 aliphatic rings. The molecule has 0 bridgehead atoms. The zero-order chi connectivity index (χ0) is 21.4. The van der Waals surface area contributed by atoms with Gasteiger partial charge < -0.3 is 14.6 Å². The molecule has 0 radical (unpaired) electrons. The number of sulfone groups is 1. The molecule has 0 saturated carbocycles. The Balaban J connectivity index is 1.74. The lowest BCUT2D eigenvalue weighted by Crippen LogP contribution is -2.44. The minimum atomic E-state index is -3.75. The van der Waals surface area contributed by atoms with Crippen LogP contribution in [-0.2, 0) is 14.6 Å². The molecule has 0 aliphatic carbocycles. The highest BCUT2D eigenvalue weighted by molar-refractivity contribution is 7.91. The van der Waals surface area contributed by atoms with E-state index in [9.17, 15) is 23.3 Å². The van der Waals surface area contributed by atoms with E-state index >= 15 is 0 Å². The Morgan fingerprint density at radius 2 is 2.14 bits per heavy atom. The summed E-state index contributed by atoms with van der Waals surface area (Å²) in [5.41, 5.74) is -0.136. The van der Waals surface area contributed by atoms with Gasteiger partial charge in [-0.1, -0.05) is 0 Å². The summed E-state index contributed by atoms with van der Waals surface area (Å²) in [7, 11) is -3.75. The number of hydrogen-bond donors (Lipinski definition) is 1. The van der Waals surface area contributed by atoms with E-state index in [2.05, 4.69) is 9.97 Å². The Bertz CT molecular complexity index is 1040. The average molecular weight is 424 g/mol. The van der Waals surface area contributed by atoms with Crippen LogP contribution >= 0.6 is 0 Å². The number of imidazole rings is 1. The zero-order valence-corrected chi connectivity index (χ0v) is 17.4. The number of aromatic amines is 1. The molecular formula is C18H24N4O6S. The lowest BCUT2D eigenvalue weighted by molar-refractivity contribution is -0.384. The molecule has 1 atom stereocenters. The summed E-state index contributed by atoms with van der Waals surface area (Å²) in [6, 6.07) is 3.94. The molecular weight excluding hydrogens is 400 g/mol. The number of aromatic nitrogens is 2. The maximum atomic E-state index is 12.8. The van der Waals surface area contributed by atoms with Crippen molar-refractivity contribution >= 4 is 32.7 Å². The van der Waals surface area contributed by atoms with Crippen LogP contribution in [0.25, 0.3) is 11.0 Å². The predicted molar refractivity (Wildman–Crippen MR) is 105 cm³/mol. The van der Waals surface area contributed by atoms with Crippen molar-refractivity contribution in [3.05, 3.63) is 28.3 Å². The Morgan fingerprint density at radius 1 is 1.41 bits per heavy atom. The van der Waals surface area contributed by atoms with Gasteiger partial charge in [-0.05, 0) is 45.6 Å². The third-order valence-corrected chi connectivity index (χ3v) is 6.27. The van der Waals surface area contributed by atoms with Crippen LogP contribution in [0, 0.1) is 16.0 Å². The van der Waals surface area contributed by atoms with E-state index in [0.29, 0.717) is 31.4 Å². The van der Waals surface area contributed by atoms with Crippen molar-refractivity contribution in [1.29, 1.82) is 0 Å². The van der Waals surface area contributed by atoms with Crippen molar-refractivity contribution in [3.63, 3.8) is 0 Å². The topological polar surface area (TPSA) is 136 Å². The van der Waals surface area contributed by atoms with Gasteiger partial charge in [0, 0.05) is 25.2 Å². The van der Waals surface area contributed by atoms with Crippen molar-refractivity contribution < 1.29 is 22.9 Å². The van der Waals surface area contributed by atoms with Gasteiger partial charge in [0.2, 0.25) is 15.0 Å². The minimum absolute atomic E-state index is 0.148. The van der Waals surface area contributed by atoms with E-state index in [0.717, 1.165) is 0 Å². The number of piperidine rings is 1. The number of ether oxygens (including phenoxy) is 1. The molecule has 1 N–H and O–H groups in total. The highest BCUT2D eigenvalue weighted by Crippen LogP contribution is 2.25. The number of nitro groups is 1. The second kappa shape index (κ2) is 7.62. The maximum absolute atomic E-state index is 12.8. The first-order chi connectivity index (χ1) is 13.4. The number of nitrogens with one attached hydrogen (secondary N) is 1. The Morgan fingerprint density at radius 3 is 2.79 bits per heavy atom. The fraction of sp³-hybridized carbons (Fsp3) is 0.556. The smallest absolute Gasteiger partial charge is 0.410 e. The summed E-state index contributed by atoms with van der Waals surface area (Å²) in [4.78, 5) is 30.9. The van der Waals surface area contributed by atoms with Crippen molar-refractivity contribution in [2.45, 2.75) is 44.4 Å². The Hall–Kier alpha value is -2.69. The van der Waals surface area contributed by atoms with Crippen LogP contribution in [0.2, 0.25) is 0 Å². The Labute approximate surface area is 168 Å². The van der Waals surface area contributed by atoms with Crippen LogP contribution in [0.1, 0.15) is 33.6 Å². The highest BCUT2D eigenvalue weighted by atomic mass is 32.2. The summed E-state index contributed by atoms with van der Waals surface area (Å²) in [5, 5.41) is 10.7. The van der Waals surface area contributed by atoms with Crippen LogP contribution in [0.15, 0.2) is 23.4 Å². The van der Waals surface area contributed by atoms with E-state index in [1.807, 2.05) is 0 Å². The maximum Gasteiger partial charge on any atom is 0.410 e. The largest absolute Gasteiger partial charge is 0.444 e. The molecule has 0 spiro atoms. The van der Waals surface area contributed by atoms with Gasteiger partial charge in [0.05, 0.1) is 21.7 Å². The molecule has 11 heteroatoms. The second-order valence-corrected chi connectivity index (χ2v) is 10.2. The van der Waals surface area contributed by atoms with Gasteiger partial charge in [0.15, 0.2) is 0 Å². The highest BCUT2D eigenvalue weighted by Gasteiger charge is 2.32. The fourth-order valence-corrected chi connectivity index (χ4v) is 4.87. The fourth-order valence-electron chi connectivity index (χ4n) is 3.32. The van der Waals surface area contributed by atoms with Crippen molar-refractivity contribution in [2.75, 3.05) is 18.8 Å². The van der Waals surface area contributed by atoms with Gasteiger partial charge in [-0.2, -0.15) is 0 Å². The molecule has 2 aromatic rings. The molecule has 1 saturated heterocycles. The van der Waals surface area contributed by atoms with Gasteiger partial charge in [0.25, 0.3) is 5.69 Å². The number of carbonyl (C=O) groups is 1. The van der Waals surface area contributed by atoms with Gasteiger partial charge in [-0.15, -0.1) is 0 Å². The lowest BCUT2D eigenvalue weighted by Gasteiger charge is -2.33. The van der Waals surface area contributed by atoms with Gasteiger partial charge in [-0.3, -0.25) is 10.1 Å². The van der Waals surface area contributed by atoms with Crippen molar-refractivity contribution in [1.82, 2.24) is 14.9 Å².